The van der Waals surface area contributed by atoms with E-state index in [0.29, 0.717) is 17.5 Å². The lowest BCUT2D eigenvalue weighted by Crippen LogP contribution is -2.39. The van der Waals surface area contributed by atoms with Crippen molar-refractivity contribution in [3.05, 3.63) is 102 Å². The number of aryl methyl sites for hydroxylation is 1. The lowest BCUT2D eigenvalue weighted by atomic mass is 9.99. The van der Waals surface area contributed by atoms with Crippen molar-refractivity contribution in [3.8, 4) is 16.9 Å². The third kappa shape index (κ3) is 4.44. The summed E-state index contributed by atoms with van der Waals surface area (Å²) in [4.78, 5) is 19.7. The van der Waals surface area contributed by atoms with Crippen LogP contribution in [0.5, 0.6) is 0 Å². The molecule has 4 aromatic rings. The molecule has 3 atom stereocenters. The van der Waals surface area contributed by atoms with Crippen molar-refractivity contribution in [1.82, 2.24) is 25.0 Å². The number of hydrogen-bond donors (Lipinski definition) is 1. The van der Waals surface area contributed by atoms with E-state index in [4.69, 9.17) is 5.10 Å². The van der Waals surface area contributed by atoms with Crippen LogP contribution in [0.15, 0.2) is 85.3 Å². The minimum Gasteiger partial charge on any atom is -0.349 e. The molecule has 6 nitrogen and oxygen atoms in total. The van der Waals surface area contributed by atoms with Gasteiger partial charge < -0.3 is 5.32 Å². The second-order valence-corrected chi connectivity index (χ2v) is 10.0. The van der Waals surface area contributed by atoms with Gasteiger partial charge in [0.25, 0.3) is 5.91 Å². The van der Waals surface area contributed by atoms with Gasteiger partial charge in [0.2, 0.25) is 0 Å². The fourth-order valence-electron chi connectivity index (χ4n) is 5.98. The third-order valence-corrected chi connectivity index (χ3v) is 7.69. The lowest BCUT2D eigenvalue weighted by Gasteiger charge is -2.24. The van der Waals surface area contributed by atoms with Crippen molar-refractivity contribution in [2.45, 2.75) is 44.8 Å². The molecule has 1 aliphatic carbocycles. The molecule has 0 spiro atoms. The molecular formula is C30H31N5O. The molecule has 2 aromatic carbocycles. The molecule has 1 N–H and O–H groups in total. The van der Waals surface area contributed by atoms with E-state index in [2.05, 4.69) is 57.8 Å². The van der Waals surface area contributed by atoms with Crippen molar-refractivity contribution in [2.24, 2.45) is 5.92 Å². The molecule has 36 heavy (non-hydrogen) atoms. The van der Waals surface area contributed by atoms with Crippen LogP contribution in [0.25, 0.3) is 16.9 Å². The molecule has 1 aliphatic heterocycles. The van der Waals surface area contributed by atoms with Gasteiger partial charge in [-0.1, -0.05) is 48.5 Å². The summed E-state index contributed by atoms with van der Waals surface area (Å²) >= 11 is 0. The standard InChI is InChI=1S/C30H31N5O/c1-21-16-23(18-31-17-21)30(36)32-27-12-13-28-26(27)14-15-34(28)19-24-20-35(25-10-6-3-7-11-25)33-29(24)22-8-4-2-5-9-22/h2-11,16-18,20,26-28H,12-15,19H2,1H3,(H,32,36)/t26-,27-,28+/m0/s1. The molecule has 0 unspecified atom stereocenters. The first-order valence-electron chi connectivity index (χ1n) is 12.8. The van der Waals surface area contributed by atoms with Gasteiger partial charge >= 0.3 is 0 Å². The zero-order valence-electron chi connectivity index (χ0n) is 20.5. The monoisotopic (exact) mass is 477 g/mol. The second-order valence-electron chi connectivity index (χ2n) is 10.0. The Morgan fingerprint density at radius 3 is 2.56 bits per heavy atom. The summed E-state index contributed by atoms with van der Waals surface area (Å²) in [6, 6.07) is 23.4. The van der Waals surface area contributed by atoms with Crippen LogP contribution in [-0.2, 0) is 6.54 Å². The van der Waals surface area contributed by atoms with Crippen LogP contribution in [0.1, 0.15) is 40.7 Å². The first-order chi connectivity index (χ1) is 17.7. The van der Waals surface area contributed by atoms with Crippen LogP contribution in [0, 0.1) is 12.8 Å². The zero-order valence-corrected chi connectivity index (χ0v) is 20.5. The van der Waals surface area contributed by atoms with Crippen molar-refractivity contribution in [1.29, 1.82) is 0 Å². The van der Waals surface area contributed by atoms with E-state index in [1.807, 2.05) is 41.9 Å². The highest BCUT2D eigenvalue weighted by molar-refractivity contribution is 5.94. The minimum atomic E-state index is -0.00852. The first kappa shape index (κ1) is 22.7. The van der Waals surface area contributed by atoms with Crippen molar-refractivity contribution in [2.75, 3.05) is 6.54 Å². The number of rotatable bonds is 6. The Hall–Kier alpha value is -3.77. The average molecular weight is 478 g/mol. The normalized spacial score (nSPS) is 21.4. The number of fused-ring (bicyclic) bond motifs is 1. The molecule has 0 radical (unpaired) electrons. The van der Waals surface area contributed by atoms with Gasteiger partial charge in [-0.3, -0.25) is 14.7 Å². The molecule has 1 amide bonds. The Morgan fingerprint density at radius 2 is 1.78 bits per heavy atom. The van der Waals surface area contributed by atoms with Gasteiger partial charge in [-0.2, -0.15) is 5.10 Å². The van der Waals surface area contributed by atoms with E-state index in [0.717, 1.165) is 54.9 Å². The van der Waals surface area contributed by atoms with E-state index >= 15 is 0 Å². The maximum Gasteiger partial charge on any atom is 0.253 e. The van der Waals surface area contributed by atoms with Crippen LogP contribution < -0.4 is 5.32 Å². The Morgan fingerprint density at radius 1 is 1.00 bits per heavy atom. The molecule has 182 valence electrons. The summed E-state index contributed by atoms with van der Waals surface area (Å²) in [5.41, 5.74) is 6.14. The highest BCUT2D eigenvalue weighted by Gasteiger charge is 2.44. The smallest absolute Gasteiger partial charge is 0.253 e. The van der Waals surface area contributed by atoms with Gasteiger partial charge in [0.05, 0.1) is 16.9 Å². The summed E-state index contributed by atoms with van der Waals surface area (Å²) in [5.74, 6) is 0.474. The SMILES string of the molecule is Cc1cncc(C(=O)N[C@H]2CC[C@@H]3[C@H]2CCN3Cc2cn(-c3ccccc3)nc2-c2ccccc2)c1. The number of amides is 1. The summed E-state index contributed by atoms with van der Waals surface area (Å²) in [6.45, 7) is 3.87. The molecular weight excluding hydrogens is 446 g/mol. The first-order valence-corrected chi connectivity index (χ1v) is 12.8. The molecule has 1 saturated carbocycles. The second kappa shape index (κ2) is 9.70. The number of hydrogen-bond acceptors (Lipinski definition) is 4. The van der Waals surface area contributed by atoms with Gasteiger partial charge in [-0.25, -0.2) is 4.68 Å². The zero-order chi connectivity index (χ0) is 24.5. The molecule has 6 heteroatoms. The van der Waals surface area contributed by atoms with Gasteiger partial charge in [0.1, 0.15) is 0 Å². The maximum atomic E-state index is 12.9. The van der Waals surface area contributed by atoms with E-state index in [1.54, 1.807) is 12.4 Å². The number of likely N-dealkylation sites (tertiary alicyclic amines) is 1. The molecule has 3 heterocycles. The molecule has 2 aromatic heterocycles. The number of carbonyl (C=O) groups excluding carboxylic acids is 1. The van der Waals surface area contributed by atoms with Crippen LogP contribution in [-0.4, -0.2) is 44.2 Å². The van der Waals surface area contributed by atoms with Crippen molar-refractivity contribution in [3.63, 3.8) is 0 Å². The van der Waals surface area contributed by atoms with Crippen LogP contribution in [0.3, 0.4) is 0 Å². The minimum absolute atomic E-state index is 0.00852. The van der Waals surface area contributed by atoms with E-state index in [-0.39, 0.29) is 11.9 Å². The molecule has 2 fully saturated rings. The topological polar surface area (TPSA) is 63.1 Å². The fourth-order valence-corrected chi connectivity index (χ4v) is 5.98. The summed E-state index contributed by atoms with van der Waals surface area (Å²) in [5, 5.41) is 8.32. The number of aromatic nitrogens is 3. The van der Waals surface area contributed by atoms with Crippen molar-refractivity contribution < 1.29 is 4.79 Å². The van der Waals surface area contributed by atoms with E-state index < -0.39 is 0 Å². The molecule has 1 saturated heterocycles. The summed E-state index contributed by atoms with van der Waals surface area (Å²) in [6.07, 6.45) is 8.85. The quantitative estimate of drug-likeness (QED) is 0.423. The molecule has 0 bridgehead atoms. The highest BCUT2D eigenvalue weighted by atomic mass is 16.1. The third-order valence-electron chi connectivity index (χ3n) is 7.69. The average Bonchev–Trinajstić information content (AvgIpc) is 3.62. The predicted molar refractivity (Wildman–Crippen MR) is 141 cm³/mol. The Balaban J connectivity index is 1.21. The number of pyridine rings is 1. The number of para-hydroxylation sites is 1. The van der Waals surface area contributed by atoms with Gasteiger partial charge in [-0.15, -0.1) is 0 Å². The molecule has 6 rings (SSSR count). The van der Waals surface area contributed by atoms with E-state index in [1.165, 1.54) is 5.56 Å². The van der Waals surface area contributed by atoms with Crippen LogP contribution in [0.2, 0.25) is 0 Å². The van der Waals surface area contributed by atoms with Crippen molar-refractivity contribution >= 4 is 5.91 Å². The number of nitrogens with zero attached hydrogens (tertiary/aromatic N) is 4. The maximum absolute atomic E-state index is 12.9. The number of carbonyl (C=O) groups is 1. The van der Waals surface area contributed by atoms with Gasteiger partial charge in [0, 0.05) is 48.3 Å². The van der Waals surface area contributed by atoms with Crippen LogP contribution >= 0.6 is 0 Å². The Bertz CT molecular complexity index is 1350. The summed E-state index contributed by atoms with van der Waals surface area (Å²) in [7, 11) is 0. The van der Waals surface area contributed by atoms with Crippen LogP contribution in [0.4, 0.5) is 0 Å². The van der Waals surface area contributed by atoms with E-state index in [9.17, 15) is 4.79 Å². The number of nitrogens with one attached hydrogen (secondary N) is 1. The fraction of sp³-hybridized carbons (Fsp3) is 0.300. The largest absolute Gasteiger partial charge is 0.349 e. The molecule has 2 aliphatic rings. The predicted octanol–water partition coefficient (Wildman–Crippen LogP) is 5.03. The van der Waals surface area contributed by atoms with Gasteiger partial charge in [0.15, 0.2) is 0 Å². The number of benzene rings is 2. The summed E-state index contributed by atoms with van der Waals surface area (Å²) < 4.78 is 2.00. The van der Waals surface area contributed by atoms with Gasteiger partial charge in [-0.05, 0) is 62.4 Å². The Kier molecular flexibility index (Phi) is 6.11. The Labute approximate surface area is 212 Å². The highest BCUT2D eigenvalue weighted by Crippen LogP contribution is 2.40. The lowest BCUT2D eigenvalue weighted by molar-refractivity contribution is 0.0926.